The van der Waals surface area contributed by atoms with E-state index in [9.17, 15) is 14.0 Å². The molecule has 0 N–H and O–H groups in total. The third-order valence-corrected chi connectivity index (χ3v) is 5.12. The van der Waals surface area contributed by atoms with Gasteiger partial charge in [0, 0.05) is 12.7 Å². The zero-order valence-corrected chi connectivity index (χ0v) is 14.9. The zero-order valence-electron chi connectivity index (χ0n) is 14.1. The number of hydrogen-bond acceptors (Lipinski definition) is 6. The molecule has 26 heavy (non-hydrogen) atoms. The molecule has 1 aliphatic heterocycles. The van der Waals surface area contributed by atoms with Crippen LogP contribution in [0.4, 0.5) is 4.39 Å². The predicted molar refractivity (Wildman–Crippen MR) is 93.1 cm³/mol. The summed E-state index contributed by atoms with van der Waals surface area (Å²) in [7, 11) is 0. The van der Waals surface area contributed by atoms with Crippen molar-refractivity contribution < 1.29 is 27.9 Å². The van der Waals surface area contributed by atoms with Gasteiger partial charge in [0.1, 0.15) is 42.0 Å². The van der Waals surface area contributed by atoms with Crippen molar-refractivity contribution in [3.8, 4) is 5.75 Å². The molecule has 6 nitrogen and oxygen atoms in total. The van der Waals surface area contributed by atoms with Gasteiger partial charge >= 0.3 is 5.97 Å². The highest BCUT2D eigenvalue weighted by molar-refractivity contribution is 7.99. The maximum atomic E-state index is 12.8. The first-order chi connectivity index (χ1) is 12.6. The Hall–Kier alpha value is -2.48. The molecule has 2 aromatic rings. The molecule has 1 aromatic carbocycles. The number of rotatable bonds is 6. The van der Waals surface area contributed by atoms with Crippen LogP contribution in [0.5, 0.6) is 5.75 Å². The fourth-order valence-electron chi connectivity index (χ4n) is 2.65. The third kappa shape index (κ3) is 4.19. The summed E-state index contributed by atoms with van der Waals surface area (Å²) in [5.41, 5.74) is 0. The van der Waals surface area contributed by atoms with E-state index in [1.165, 1.54) is 54.1 Å². The molecule has 0 bridgehead atoms. The van der Waals surface area contributed by atoms with Crippen molar-refractivity contribution in [3.63, 3.8) is 0 Å². The molecule has 0 spiro atoms. The normalized spacial score (nSPS) is 19.4. The molecule has 0 unspecified atom stereocenters. The molecule has 3 rings (SSSR count). The highest BCUT2D eigenvalue weighted by Crippen LogP contribution is 2.41. The van der Waals surface area contributed by atoms with Crippen molar-refractivity contribution in [2.75, 3.05) is 19.0 Å². The molecule has 0 radical (unpaired) electrons. The summed E-state index contributed by atoms with van der Waals surface area (Å²) in [5.74, 6) is 0.494. The lowest BCUT2D eigenvalue weighted by atomic mass is 10.2. The van der Waals surface area contributed by atoms with Crippen molar-refractivity contribution in [1.82, 2.24) is 4.90 Å². The molecule has 2 atom stereocenters. The Morgan fingerprint density at radius 3 is 2.69 bits per heavy atom. The van der Waals surface area contributed by atoms with Crippen molar-refractivity contribution in [2.45, 2.75) is 18.3 Å². The lowest BCUT2D eigenvalue weighted by Gasteiger charge is -2.25. The van der Waals surface area contributed by atoms with Crippen LogP contribution in [0.15, 0.2) is 47.1 Å². The van der Waals surface area contributed by atoms with Crippen molar-refractivity contribution in [2.24, 2.45) is 0 Å². The Morgan fingerprint density at radius 2 is 2.04 bits per heavy atom. The number of amides is 1. The highest BCUT2D eigenvalue weighted by Gasteiger charge is 2.43. The van der Waals surface area contributed by atoms with Crippen LogP contribution in [0.3, 0.4) is 0 Å². The molecule has 1 fully saturated rings. The number of esters is 1. The maximum absolute atomic E-state index is 12.8. The van der Waals surface area contributed by atoms with Gasteiger partial charge in [0.05, 0.1) is 6.26 Å². The van der Waals surface area contributed by atoms with E-state index in [2.05, 4.69) is 0 Å². The van der Waals surface area contributed by atoms with E-state index >= 15 is 0 Å². The van der Waals surface area contributed by atoms with Gasteiger partial charge in [-0.05, 0) is 36.4 Å². The predicted octanol–water partition coefficient (Wildman–Crippen LogP) is 3.00. The van der Waals surface area contributed by atoms with Crippen LogP contribution >= 0.6 is 11.8 Å². The summed E-state index contributed by atoms with van der Waals surface area (Å²) < 4.78 is 28.8. The summed E-state index contributed by atoms with van der Waals surface area (Å²) in [6, 6.07) is 8.42. The third-order valence-electron chi connectivity index (χ3n) is 3.83. The Labute approximate surface area is 154 Å². The number of halogens is 1. The highest BCUT2D eigenvalue weighted by atomic mass is 32.2. The number of benzene rings is 1. The number of thioether (sulfide) groups is 1. The van der Waals surface area contributed by atoms with Gasteiger partial charge < -0.3 is 18.8 Å². The van der Waals surface area contributed by atoms with Gasteiger partial charge in [-0.25, -0.2) is 9.18 Å². The van der Waals surface area contributed by atoms with Crippen LogP contribution in [0, 0.1) is 5.82 Å². The van der Waals surface area contributed by atoms with Crippen molar-refractivity contribution >= 4 is 23.6 Å². The Balaban J connectivity index is 1.52. The summed E-state index contributed by atoms with van der Waals surface area (Å²) >= 11 is 1.45. The van der Waals surface area contributed by atoms with E-state index in [1.807, 2.05) is 0 Å². The minimum Gasteiger partial charge on any atom is -0.490 e. The van der Waals surface area contributed by atoms with Crippen LogP contribution in [0.25, 0.3) is 0 Å². The quantitative estimate of drug-likeness (QED) is 0.568. The Kier molecular flexibility index (Phi) is 5.82. The minimum absolute atomic E-state index is 0.0362. The topological polar surface area (TPSA) is 69.0 Å². The van der Waals surface area contributed by atoms with Gasteiger partial charge in [0.25, 0.3) is 0 Å². The van der Waals surface area contributed by atoms with E-state index in [4.69, 9.17) is 13.9 Å². The van der Waals surface area contributed by atoms with E-state index in [-0.39, 0.29) is 30.3 Å². The van der Waals surface area contributed by atoms with Crippen molar-refractivity contribution in [1.29, 1.82) is 0 Å². The van der Waals surface area contributed by atoms with Crippen molar-refractivity contribution in [3.05, 3.63) is 54.2 Å². The summed E-state index contributed by atoms with van der Waals surface area (Å²) in [6.07, 6.45) is 1.53. The van der Waals surface area contributed by atoms with E-state index in [0.29, 0.717) is 17.3 Å². The Bertz CT molecular complexity index is 749. The van der Waals surface area contributed by atoms with E-state index in [1.54, 1.807) is 12.1 Å². The molecule has 0 aliphatic carbocycles. The second-order valence-electron chi connectivity index (χ2n) is 5.61. The zero-order chi connectivity index (χ0) is 18.5. The molecular weight excluding hydrogens is 361 g/mol. The van der Waals surface area contributed by atoms with Crippen LogP contribution in [0.2, 0.25) is 0 Å². The second-order valence-corrected chi connectivity index (χ2v) is 6.73. The molecule has 1 aliphatic rings. The fourth-order valence-corrected chi connectivity index (χ4v) is 4.07. The Morgan fingerprint density at radius 1 is 1.27 bits per heavy atom. The smallest absolute Gasteiger partial charge is 0.329 e. The second kappa shape index (κ2) is 8.27. The lowest BCUT2D eigenvalue weighted by Crippen LogP contribution is -2.43. The summed E-state index contributed by atoms with van der Waals surface area (Å²) in [5, 5.41) is -0.337. The number of carbonyl (C=O) groups excluding carboxylic acids is 2. The molecule has 1 saturated heterocycles. The van der Waals surface area contributed by atoms with Gasteiger partial charge in [0.15, 0.2) is 0 Å². The summed E-state index contributed by atoms with van der Waals surface area (Å²) in [4.78, 5) is 25.9. The molecule has 2 heterocycles. The molecule has 8 heteroatoms. The molecule has 0 saturated carbocycles. The van der Waals surface area contributed by atoms with Gasteiger partial charge in [-0.2, -0.15) is 0 Å². The van der Waals surface area contributed by atoms with Gasteiger partial charge in [0.2, 0.25) is 5.91 Å². The van der Waals surface area contributed by atoms with Crippen LogP contribution < -0.4 is 4.74 Å². The number of furan rings is 1. The largest absolute Gasteiger partial charge is 0.490 e. The summed E-state index contributed by atoms with van der Waals surface area (Å²) in [6.45, 7) is 1.59. The van der Waals surface area contributed by atoms with Gasteiger partial charge in [-0.15, -0.1) is 11.8 Å². The van der Waals surface area contributed by atoms with Crippen LogP contribution in [-0.4, -0.2) is 41.8 Å². The number of hydrogen-bond donors (Lipinski definition) is 0. The maximum Gasteiger partial charge on any atom is 0.329 e. The first-order valence-electron chi connectivity index (χ1n) is 8.05. The molecular formula is C18H18FNO5S. The van der Waals surface area contributed by atoms with Crippen LogP contribution in [-0.2, 0) is 14.3 Å². The molecule has 138 valence electrons. The number of ether oxygens (including phenoxy) is 2. The fraction of sp³-hybridized carbons (Fsp3) is 0.333. The standard InChI is InChI=1S/C18H18FNO5S/c1-12(21)20-15(11-26-17(20)16-3-2-8-24-16)18(22)25-10-9-23-14-6-4-13(19)5-7-14/h2-8,15,17H,9-11H2,1H3/t15-,17-/m0/s1. The van der Waals surface area contributed by atoms with E-state index in [0.717, 1.165) is 0 Å². The SMILES string of the molecule is CC(=O)N1[C@H](C(=O)OCCOc2ccc(F)cc2)CS[C@H]1c1ccco1. The molecule has 1 aromatic heterocycles. The molecule has 1 amide bonds. The van der Waals surface area contributed by atoms with Gasteiger partial charge in [-0.3, -0.25) is 4.79 Å². The minimum atomic E-state index is -0.668. The average molecular weight is 379 g/mol. The van der Waals surface area contributed by atoms with Gasteiger partial charge in [-0.1, -0.05) is 0 Å². The monoisotopic (exact) mass is 379 g/mol. The average Bonchev–Trinajstić information content (AvgIpc) is 3.29. The first-order valence-corrected chi connectivity index (χ1v) is 9.10. The van der Waals surface area contributed by atoms with Crippen LogP contribution in [0.1, 0.15) is 18.1 Å². The number of carbonyl (C=O) groups is 2. The van der Waals surface area contributed by atoms with E-state index < -0.39 is 12.0 Å². The lowest BCUT2D eigenvalue weighted by molar-refractivity contribution is -0.154. The number of nitrogens with zero attached hydrogens (tertiary/aromatic N) is 1. The first kappa shape index (κ1) is 18.3.